The molecule has 6 atom stereocenters. The van der Waals surface area contributed by atoms with Crippen molar-refractivity contribution in [2.45, 2.75) is 111 Å². The molecule has 0 aromatic rings. The summed E-state index contributed by atoms with van der Waals surface area (Å²) in [6, 6.07) is 0. The summed E-state index contributed by atoms with van der Waals surface area (Å²) in [6.07, 6.45) is -5.49. The van der Waals surface area contributed by atoms with Crippen LogP contribution in [-0.2, 0) is 14.4 Å². The minimum Gasteiger partial charge on any atom is -0.390 e. The van der Waals surface area contributed by atoms with Crippen LogP contribution in [0, 0.1) is 17.8 Å². The third-order valence-electron chi connectivity index (χ3n) is 4.64. The minimum atomic E-state index is -1.46. The smallest absolute Gasteiger partial charge is 0.167 e. The molecule has 0 aliphatic heterocycles. The van der Waals surface area contributed by atoms with E-state index in [1.165, 1.54) is 0 Å². The third kappa shape index (κ3) is 16.1. The summed E-state index contributed by atoms with van der Waals surface area (Å²) in [4.78, 5) is 33.0. The van der Waals surface area contributed by atoms with Gasteiger partial charge in [-0.1, -0.05) is 61.8 Å². The Hall–Kier alpha value is -1.27. The van der Waals surface area contributed by atoms with Gasteiger partial charge in [0.1, 0.15) is 18.4 Å². The first-order valence-corrected chi connectivity index (χ1v) is 11.4. The molecule has 6 unspecified atom stereocenters. The highest BCUT2D eigenvalue weighted by Crippen LogP contribution is 2.08. The van der Waals surface area contributed by atoms with Crippen LogP contribution < -0.4 is 5.73 Å². The molecule has 10 heteroatoms. The number of hydrogen-bond donors (Lipinski definition) is 7. The van der Waals surface area contributed by atoms with E-state index in [1.807, 2.05) is 6.92 Å². The van der Waals surface area contributed by atoms with Crippen LogP contribution in [0.25, 0.3) is 0 Å². The number of carbonyl (C=O) groups is 3. The SMILES string of the molecule is CC(C)C(=O)C(O)C(N)O.CCC(O)C(O)C(=O)C(C)C.CCCC(O)C(O)C(=O)C(C)C. The van der Waals surface area contributed by atoms with E-state index in [1.54, 1.807) is 48.5 Å². The van der Waals surface area contributed by atoms with Crippen molar-refractivity contribution in [3.63, 3.8) is 0 Å². The predicted molar refractivity (Wildman–Crippen MR) is 125 cm³/mol. The fraction of sp³-hybridized carbons (Fsp3) is 0.870. The fourth-order valence-corrected chi connectivity index (χ4v) is 2.25. The van der Waals surface area contributed by atoms with Gasteiger partial charge in [-0.25, -0.2) is 0 Å². The molecule has 8 N–H and O–H groups in total. The molecule has 0 spiro atoms. The fourth-order valence-electron chi connectivity index (χ4n) is 2.25. The molecule has 0 radical (unpaired) electrons. The largest absolute Gasteiger partial charge is 0.390 e. The average molecular weight is 482 g/mol. The van der Waals surface area contributed by atoms with Crippen LogP contribution >= 0.6 is 0 Å². The number of hydrogen-bond acceptors (Lipinski definition) is 10. The zero-order valence-electron chi connectivity index (χ0n) is 21.3. The predicted octanol–water partition coefficient (Wildman–Crippen LogP) is -0.0738. The van der Waals surface area contributed by atoms with E-state index in [0.29, 0.717) is 12.8 Å². The van der Waals surface area contributed by atoms with Gasteiger partial charge in [0.05, 0.1) is 12.2 Å². The highest BCUT2D eigenvalue weighted by Gasteiger charge is 2.25. The summed E-state index contributed by atoms with van der Waals surface area (Å²) < 4.78 is 0. The molecule has 0 heterocycles. The van der Waals surface area contributed by atoms with Gasteiger partial charge in [-0.3, -0.25) is 14.4 Å². The van der Waals surface area contributed by atoms with E-state index in [2.05, 4.69) is 0 Å². The number of nitrogens with two attached hydrogens (primary N) is 1. The summed E-state index contributed by atoms with van der Waals surface area (Å²) in [5.41, 5.74) is 4.86. The van der Waals surface area contributed by atoms with Crippen LogP contribution in [0.5, 0.6) is 0 Å². The summed E-state index contributed by atoms with van der Waals surface area (Å²) in [7, 11) is 0. The highest BCUT2D eigenvalue weighted by molar-refractivity contribution is 5.85. The van der Waals surface area contributed by atoms with Crippen molar-refractivity contribution in [2.75, 3.05) is 0 Å². The molecule has 10 nitrogen and oxygen atoms in total. The maximum atomic E-state index is 11.1. The van der Waals surface area contributed by atoms with Gasteiger partial charge < -0.3 is 36.4 Å². The van der Waals surface area contributed by atoms with Crippen molar-refractivity contribution in [1.82, 2.24) is 0 Å². The zero-order valence-corrected chi connectivity index (χ0v) is 21.3. The topological polar surface area (TPSA) is 199 Å². The number of carbonyl (C=O) groups excluding carboxylic acids is 3. The van der Waals surface area contributed by atoms with Gasteiger partial charge in [0.25, 0.3) is 0 Å². The van der Waals surface area contributed by atoms with Crippen molar-refractivity contribution in [1.29, 1.82) is 0 Å². The Kier molecular flexibility index (Phi) is 21.0. The Bertz CT molecular complexity index is 550. The Morgan fingerprint density at radius 2 is 0.909 bits per heavy atom. The molecule has 0 amide bonds. The first-order chi connectivity index (χ1) is 15.0. The van der Waals surface area contributed by atoms with E-state index < -0.39 is 42.5 Å². The lowest BCUT2D eigenvalue weighted by Crippen LogP contribution is -2.42. The Labute approximate surface area is 197 Å². The van der Waals surface area contributed by atoms with E-state index >= 15 is 0 Å². The van der Waals surface area contributed by atoms with E-state index in [4.69, 9.17) is 26.2 Å². The molecule has 198 valence electrons. The molecule has 0 rings (SSSR count). The van der Waals surface area contributed by atoms with Gasteiger partial charge in [0.2, 0.25) is 0 Å². The Morgan fingerprint density at radius 1 is 0.606 bits per heavy atom. The quantitative estimate of drug-likeness (QED) is 0.185. The molecule has 0 aromatic carbocycles. The number of ketones is 3. The summed E-state index contributed by atoms with van der Waals surface area (Å²) in [5.74, 6) is -1.74. The molecule has 33 heavy (non-hydrogen) atoms. The normalized spacial score (nSPS) is 16.5. The van der Waals surface area contributed by atoms with Crippen LogP contribution in [-0.4, -0.2) is 84.7 Å². The van der Waals surface area contributed by atoms with Gasteiger partial charge >= 0.3 is 0 Å². The molecule has 0 aliphatic carbocycles. The first-order valence-electron chi connectivity index (χ1n) is 11.4. The Balaban J connectivity index is -0.000000411. The zero-order chi connectivity index (χ0) is 27.0. The van der Waals surface area contributed by atoms with Crippen LogP contribution in [0.4, 0.5) is 0 Å². The molecule has 0 saturated heterocycles. The van der Waals surface area contributed by atoms with Crippen LogP contribution in [0.1, 0.15) is 74.7 Å². The second-order valence-corrected chi connectivity index (χ2v) is 8.83. The summed E-state index contributed by atoms with van der Waals surface area (Å²) in [5, 5.41) is 54.2. The maximum Gasteiger partial charge on any atom is 0.167 e. The van der Waals surface area contributed by atoms with Crippen molar-refractivity contribution in [2.24, 2.45) is 23.5 Å². The van der Waals surface area contributed by atoms with Gasteiger partial charge in [-0.15, -0.1) is 0 Å². The van der Waals surface area contributed by atoms with Gasteiger partial charge in [-0.05, 0) is 12.8 Å². The van der Waals surface area contributed by atoms with Crippen LogP contribution in [0.2, 0.25) is 0 Å². The molecule has 0 bridgehead atoms. The van der Waals surface area contributed by atoms with E-state index in [-0.39, 0.29) is 29.3 Å². The second kappa shape index (κ2) is 19.1. The van der Waals surface area contributed by atoms with Gasteiger partial charge in [0, 0.05) is 17.8 Å². The van der Waals surface area contributed by atoms with Crippen molar-refractivity contribution >= 4 is 17.3 Å². The monoisotopic (exact) mass is 481 g/mol. The van der Waals surface area contributed by atoms with Crippen molar-refractivity contribution in [3.05, 3.63) is 0 Å². The van der Waals surface area contributed by atoms with Gasteiger partial charge in [0.15, 0.2) is 23.5 Å². The molecular weight excluding hydrogens is 434 g/mol. The molecular formula is C23H47NO9. The van der Waals surface area contributed by atoms with Crippen molar-refractivity contribution < 1.29 is 45.0 Å². The first kappa shape index (κ1) is 36.3. The van der Waals surface area contributed by atoms with E-state index in [9.17, 15) is 24.6 Å². The summed E-state index contributed by atoms with van der Waals surface area (Å²) in [6.45, 7) is 13.7. The molecule has 0 aliphatic rings. The van der Waals surface area contributed by atoms with Crippen LogP contribution in [0.3, 0.4) is 0 Å². The third-order valence-corrected chi connectivity index (χ3v) is 4.64. The number of aliphatic hydroxyl groups is 6. The average Bonchev–Trinajstić information content (AvgIpc) is 2.75. The number of rotatable bonds is 12. The van der Waals surface area contributed by atoms with Crippen LogP contribution in [0.15, 0.2) is 0 Å². The second-order valence-electron chi connectivity index (χ2n) is 8.83. The number of aliphatic hydroxyl groups excluding tert-OH is 6. The Morgan fingerprint density at radius 3 is 1.12 bits per heavy atom. The van der Waals surface area contributed by atoms with Crippen molar-refractivity contribution in [3.8, 4) is 0 Å². The minimum absolute atomic E-state index is 0.216. The summed E-state index contributed by atoms with van der Waals surface area (Å²) >= 11 is 0. The maximum absolute atomic E-state index is 11.1. The molecule has 0 aromatic heterocycles. The lowest BCUT2D eigenvalue weighted by atomic mass is 9.98. The lowest BCUT2D eigenvalue weighted by Gasteiger charge is -2.17. The highest BCUT2D eigenvalue weighted by atomic mass is 16.3. The molecule has 0 saturated carbocycles. The number of Topliss-reactive ketones (excluding diaryl/α,β-unsaturated/α-hetero) is 3. The standard InChI is InChI=1S/C9H18O3.C8H16O3.C6H13NO3/c1-4-5-7(10)9(12)8(11)6(2)3;1-4-6(9)8(11)7(10)5(2)3;1-3(2)4(8)5(9)6(7)10/h6-7,9-10,12H,4-5H2,1-3H3;5-6,8-9,11H,4H2,1-3H3;3,5-6,9-10H,7H2,1-2H3. The van der Waals surface area contributed by atoms with E-state index in [0.717, 1.165) is 6.42 Å². The molecule has 0 fully saturated rings. The van der Waals surface area contributed by atoms with Gasteiger partial charge in [-0.2, -0.15) is 0 Å². The lowest BCUT2D eigenvalue weighted by molar-refractivity contribution is -0.136.